The van der Waals surface area contributed by atoms with Crippen LogP contribution in [-0.2, 0) is 115 Å². The Morgan fingerprint density at radius 2 is 0.855 bits per heavy atom. The van der Waals surface area contributed by atoms with Crippen LogP contribution in [0.15, 0.2) is 212 Å². The van der Waals surface area contributed by atoms with Gasteiger partial charge in [-0.05, 0) is 57.9 Å². The highest BCUT2D eigenvalue weighted by molar-refractivity contribution is 6.74. The van der Waals surface area contributed by atoms with Crippen molar-refractivity contribution in [2.75, 3.05) is 59.1 Å². The van der Waals surface area contributed by atoms with Gasteiger partial charge in [0.15, 0.2) is 33.5 Å². The molecule has 9 N–H and O–H groups in total. The zero-order valence-corrected chi connectivity index (χ0v) is 70.7. The average Bonchev–Trinajstić information content (AvgIpc) is 1.37. The van der Waals surface area contributed by atoms with E-state index in [1.54, 1.807) is 175 Å². The molecule has 6 amide bonds. The van der Waals surface area contributed by atoms with Crippen molar-refractivity contribution >= 4 is 44.9 Å². The van der Waals surface area contributed by atoms with Crippen LogP contribution in [0.4, 0.5) is 28.8 Å². The number of nitrogens with one attached hydrogen (secondary N) is 5. The van der Waals surface area contributed by atoms with Gasteiger partial charge in [0.25, 0.3) is 0 Å². The van der Waals surface area contributed by atoms with Crippen LogP contribution in [-0.4, -0.2) is 250 Å². The van der Waals surface area contributed by atoms with Crippen LogP contribution in [0.25, 0.3) is 0 Å². The molecule has 13 rings (SSSR count). The van der Waals surface area contributed by atoms with Gasteiger partial charge in [-0.15, -0.1) is 0 Å². The van der Waals surface area contributed by atoms with Gasteiger partial charge in [0.05, 0.1) is 31.9 Å². The molecular weight excluding hydrogens is 1620 g/mol. The Labute approximate surface area is 720 Å². The van der Waals surface area contributed by atoms with Crippen molar-refractivity contribution in [2.45, 2.75) is 208 Å². The number of aliphatic hydroxyl groups is 4. The maximum Gasteiger partial charge on any atom is 0.410 e. The van der Waals surface area contributed by atoms with E-state index in [4.69, 9.17) is 75.5 Å². The molecule has 124 heavy (non-hydrogen) atoms. The van der Waals surface area contributed by atoms with Gasteiger partial charge in [-0.25, -0.2) is 28.8 Å². The van der Waals surface area contributed by atoms with Crippen molar-refractivity contribution in [1.82, 2.24) is 36.4 Å². The summed E-state index contributed by atoms with van der Waals surface area (Å²) in [4.78, 5) is 88.6. The Bertz CT molecular complexity index is 4480. The Morgan fingerprint density at radius 3 is 1.35 bits per heavy atom. The topological polar surface area (TPSA) is 398 Å². The van der Waals surface area contributed by atoms with E-state index >= 15 is 0 Å². The minimum absolute atomic E-state index is 0.0676. The molecule has 33 nitrogen and oxygen atoms in total. The molecule has 6 fully saturated rings. The van der Waals surface area contributed by atoms with Crippen molar-refractivity contribution in [3.63, 3.8) is 0 Å². The smallest absolute Gasteiger partial charge is 0.410 e. The fourth-order valence-electron chi connectivity index (χ4n) is 14.9. The van der Waals surface area contributed by atoms with Gasteiger partial charge >= 0.3 is 36.6 Å². The maximum absolute atomic E-state index is 14.8. The average molecular weight is 1730 g/mol. The predicted molar refractivity (Wildman–Crippen MR) is 446 cm³/mol. The normalized spacial score (nSPS) is 27.7. The van der Waals surface area contributed by atoms with Gasteiger partial charge in [0.1, 0.15) is 125 Å². The molecule has 5 heterocycles. The minimum Gasteiger partial charge on any atom is -0.445 e. The second kappa shape index (κ2) is 44.1. The third-order valence-electron chi connectivity index (χ3n) is 22.9. The summed E-state index contributed by atoms with van der Waals surface area (Å²) in [7, 11) is -2.86. The molecule has 1 aliphatic carbocycles. The summed E-state index contributed by atoms with van der Waals surface area (Å²) in [6.45, 7) is 9.44. The number of rotatable bonds is 32. The molecule has 34 heteroatoms. The van der Waals surface area contributed by atoms with Gasteiger partial charge in [-0.1, -0.05) is 233 Å². The predicted octanol–water partition coefficient (Wildman–Crippen LogP) is 8.75. The SMILES string of the molecule is CC(C)(C)[Si](C)(C)OC[C@H]1O[C@@H](O[C@@H]2[C@@H](O)[C@H](NC(=O)OCc3ccccc3)C[C@H](NC(=O)OCc3ccccc3)[C@H]2O[C@H]2O[C@@H]3COC(c4ccccc4)O[C@H]3[C@H](O)[C@H]2NC(=O)OCc2ccccc2)[C@H](OCCN2CCN(C(=O)OCc3ccccc3)CC2)[C@@H]1O[C@H]1O[C@@H](CNC(=O)OCc2ccccc2)[C@@H](O)[C@H](O)[C@H]1NC(=O)OCc1ccccc1. The number of carbonyl (C=O) groups excluding carboxylic acids is 6. The zero-order valence-electron chi connectivity index (χ0n) is 69.7. The van der Waals surface area contributed by atoms with Gasteiger partial charge in [-0.2, -0.15) is 0 Å². The summed E-state index contributed by atoms with van der Waals surface area (Å²) in [6.07, 6.45) is -31.7. The van der Waals surface area contributed by atoms with Crippen LogP contribution in [0.3, 0.4) is 0 Å². The lowest BCUT2D eigenvalue weighted by Crippen LogP contribution is -2.71. The fourth-order valence-corrected chi connectivity index (χ4v) is 16.0. The first-order valence-electron chi connectivity index (χ1n) is 41.7. The highest BCUT2D eigenvalue weighted by Crippen LogP contribution is 2.42. The zero-order chi connectivity index (χ0) is 87.1. The number of nitrogens with zero attached hydrogens (tertiary/aromatic N) is 2. The molecule has 7 aromatic carbocycles. The minimum atomic E-state index is -2.86. The standard InChI is InChI=1S/C90H111N7O26Si/c1-90(2,3)124(4,5)116-56-68-77(122-81-69(94-87(105)113-52-60-33-19-9-20-34-60)73(100)72(99)66(117-81)48-91-84(102)110-49-57-27-13-6-14-28-57)79(108-46-45-96-41-43-97(44-42-96)89(107)115-54-62-37-23-11-24-38-62)83(119-68)123-78-71(98)64(92-85(103)111-50-58-29-15-7-16-30-58)47-65(93-86(104)112-51-59-31-17-8-18-32-59)75(78)120-82-70(95-88(106)114-53-61-35-21-10-22-36-61)74(101)76-67(118-82)55-109-80(121-76)63-39-25-12-26-40-63/h6-40,64-83,98-101H,41-56H2,1-5H3,(H,91,102)(H,92,103)(H,93,104)(H,94,105)(H,95,106)/t64-,65+,66+,67-,68-,69-,70-,71+,72-,73-,74-,75-,76-,77-,78-,79-,80?,81-,82-,83+/m1/s1. The number of amides is 6. The lowest BCUT2D eigenvalue weighted by Gasteiger charge is -2.51. The second-order valence-electron chi connectivity index (χ2n) is 32.6. The highest BCUT2D eigenvalue weighted by Gasteiger charge is 2.59. The molecular formula is C90H111N7O26Si. The molecule has 0 spiro atoms. The van der Waals surface area contributed by atoms with E-state index in [9.17, 15) is 49.2 Å². The first-order valence-corrected chi connectivity index (χ1v) is 44.6. The van der Waals surface area contributed by atoms with Crippen molar-refractivity contribution < 1.29 is 125 Å². The summed E-state index contributed by atoms with van der Waals surface area (Å²) in [5.74, 6) is 0. The van der Waals surface area contributed by atoms with Crippen LogP contribution < -0.4 is 26.6 Å². The number of hydrogen-bond acceptors (Lipinski definition) is 27. The Hall–Kier alpha value is -10.2. The number of ether oxygens (including phenoxy) is 15. The quantitative estimate of drug-likeness (QED) is 0.0140. The van der Waals surface area contributed by atoms with Crippen LogP contribution in [0, 0.1) is 0 Å². The highest BCUT2D eigenvalue weighted by atomic mass is 28.4. The van der Waals surface area contributed by atoms with E-state index in [0.717, 1.165) is 5.56 Å². The Balaban J connectivity index is 0.884. The first-order chi connectivity index (χ1) is 59.9. The number of hydrogen-bond donors (Lipinski definition) is 9. The van der Waals surface area contributed by atoms with Crippen LogP contribution in [0.5, 0.6) is 0 Å². The van der Waals surface area contributed by atoms with E-state index < -0.39 is 179 Å². The summed E-state index contributed by atoms with van der Waals surface area (Å²) < 4.78 is 104. The van der Waals surface area contributed by atoms with E-state index in [-0.39, 0.29) is 85.5 Å². The number of carbonyl (C=O) groups is 6. The third-order valence-corrected chi connectivity index (χ3v) is 27.4. The van der Waals surface area contributed by atoms with Gasteiger partial charge in [-0.3, -0.25) is 4.90 Å². The maximum atomic E-state index is 14.8. The molecule has 6 aliphatic rings. The molecule has 5 aliphatic heterocycles. The number of fused-ring (bicyclic) bond motifs is 1. The summed E-state index contributed by atoms with van der Waals surface area (Å²) in [5, 5.41) is 64.4. The van der Waals surface area contributed by atoms with Crippen molar-refractivity contribution in [3.05, 3.63) is 251 Å². The van der Waals surface area contributed by atoms with Crippen molar-refractivity contribution in [2.24, 2.45) is 0 Å². The lowest BCUT2D eigenvalue weighted by molar-refractivity contribution is -0.358. The Kier molecular flexibility index (Phi) is 32.5. The number of aliphatic hydroxyl groups excluding tert-OH is 4. The van der Waals surface area contributed by atoms with Crippen LogP contribution >= 0.6 is 0 Å². The van der Waals surface area contributed by atoms with Crippen LogP contribution in [0.1, 0.15) is 72.4 Å². The summed E-state index contributed by atoms with van der Waals surface area (Å²) in [6, 6.07) is 56.3. The van der Waals surface area contributed by atoms with Gasteiger partial charge in [0, 0.05) is 44.8 Å². The van der Waals surface area contributed by atoms with Gasteiger partial charge in [0.2, 0.25) is 0 Å². The van der Waals surface area contributed by atoms with Crippen LogP contribution in [0.2, 0.25) is 18.1 Å². The van der Waals surface area contributed by atoms with E-state index in [1.807, 2.05) is 76.3 Å². The molecule has 1 saturated carbocycles. The third kappa shape index (κ3) is 25.3. The van der Waals surface area contributed by atoms with Crippen molar-refractivity contribution in [1.29, 1.82) is 0 Å². The number of benzene rings is 7. The lowest BCUT2D eigenvalue weighted by atomic mass is 9.83. The monoisotopic (exact) mass is 1730 g/mol. The fraction of sp³-hybridized carbons (Fsp3) is 0.467. The summed E-state index contributed by atoms with van der Waals surface area (Å²) in [5.41, 5.74) is 4.59. The largest absolute Gasteiger partial charge is 0.445 e. The molecule has 7 aromatic rings. The molecule has 20 atom stereocenters. The van der Waals surface area contributed by atoms with Gasteiger partial charge < -0.3 is 127 Å². The Morgan fingerprint density at radius 1 is 0.435 bits per heavy atom. The molecule has 0 aromatic heterocycles. The molecule has 0 bridgehead atoms. The van der Waals surface area contributed by atoms with E-state index in [1.165, 1.54) is 0 Å². The summed E-state index contributed by atoms with van der Waals surface area (Å²) >= 11 is 0. The molecule has 666 valence electrons. The number of alkyl carbamates (subject to hydrolysis) is 5. The second-order valence-corrected chi connectivity index (χ2v) is 37.4. The first kappa shape index (κ1) is 91.5. The molecule has 1 unspecified atom stereocenters. The van der Waals surface area contributed by atoms with Crippen molar-refractivity contribution in [3.8, 4) is 0 Å². The molecule has 0 radical (unpaired) electrons. The van der Waals surface area contributed by atoms with E-state index in [2.05, 4.69) is 31.5 Å². The number of piperazine rings is 1. The molecule has 5 saturated heterocycles. The van der Waals surface area contributed by atoms with E-state index in [0.29, 0.717) is 46.5 Å².